The molecule has 0 bridgehead atoms. The summed E-state index contributed by atoms with van der Waals surface area (Å²) in [5.41, 5.74) is 4.43. The van der Waals surface area contributed by atoms with Crippen LogP contribution in [0.5, 0.6) is 0 Å². The molecule has 0 fully saturated rings. The van der Waals surface area contributed by atoms with Gasteiger partial charge in [-0.05, 0) is 48.0 Å². The average molecular weight is 374 g/mol. The highest BCUT2D eigenvalue weighted by Crippen LogP contribution is 2.21. The number of imidazole rings is 1. The maximum atomic E-state index is 12.1. The van der Waals surface area contributed by atoms with Crippen LogP contribution in [-0.4, -0.2) is 15.3 Å². The number of amides is 1. The Kier molecular flexibility index (Phi) is 4.73. The normalized spacial score (nSPS) is 11.1. The molecular weight excluding hydrogens is 358 g/mol. The third kappa shape index (κ3) is 4.07. The lowest BCUT2D eigenvalue weighted by molar-refractivity contribution is -0.111. The monoisotopic (exact) mass is 373 g/mol. The zero-order valence-corrected chi connectivity index (χ0v) is 15.1. The molecule has 0 saturated heterocycles. The first-order valence-electron chi connectivity index (χ1n) is 8.46. The number of rotatable bonds is 4. The zero-order valence-electron chi connectivity index (χ0n) is 14.3. The summed E-state index contributed by atoms with van der Waals surface area (Å²) in [6.45, 7) is 0. The van der Waals surface area contributed by atoms with Gasteiger partial charge < -0.3 is 9.72 Å². The van der Waals surface area contributed by atoms with Crippen LogP contribution in [0.25, 0.3) is 23.0 Å². The molecule has 2 aromatic carbocycles. The fourth-order valence-electron chi connectivity index (χ4n) is 2.73. The molecule has 0 saturated carbocycles. The minimum Gasteiger partial charge on any atom is -0.323 e. The maximum absolute atomic E-state index is 12.1. The Morgan fingerprint density at radius 2 is 1.78 bits per heavy atom. The van der Waals surface area contributed by atoms with Crippen molar-refractivity contribution in [2.24, 2.45) is 0 Å². The van der Waals surface area contributed by atoms with Crippen LogP contribution < -0.4 is 5.32 Å². The highest BCUT2D eigenvalue weighted by molar-refractivity contribution is 6.30. The van der Waals surface area contributed by atoms with Gasteiger partial charge >= 0.3 is 0 Å². The van der Waals surface area contributed by atoms with E-state index in [0.29, 0.717) is 5.02 Å². The van der Waals surface area contributed by atoms with E-state index in [1.165, 1.54) is 6.08 Å². The largest absolute Gasteiger partial charge is 0.323 e. The second-order valence-corrected chi connectivity index (χ2v) is 6.48. The number of carbonyl (C=O) groups excluding carboxylic acids is 1. The van der Waals surface area contributed by atoms with Crippen LogP contribution in [0.3, 0.4) is 0 Å². The van der Waals surface area contributed by atoms with Crippen LogP contribution in [0.2, 0.25) is 5.02 Å². The molecule has 0 aliphatic heterocycles. The maximum Gasteiger partial charge on any atom is 0.248 e. The Balaban J connectivity index is 1.44. The number of nitrogens with zero attached hydrogens (tertiary/aromatic N) is 2. The molecule has 5 heteroatoms. The van der Waals surface area contributed by atoms with E-state index in [1.807, 2.05) is 71.4 Å². The molecule has 0 unspecified atom stereocenters. The number of hydrogen-bond acceptors (Lipinski definition) is 2. The van der Waals surface area contributed by atoms with Gasteiger partial charge in [-0.25, -0.2) is 4.98 Å². The number of fused-ring (bicyclic) bond motifs is 1. The van der Waals surface area contributed by atoms with Crippen molar-refractivity contribution in [1.29, 1.82) is 0 Å². The predicted molar refractivity (Wildman–Crippen MR) is 110 cm³/mol. The van der Waals surface area contributed by atoms with Crippen molar-refractivity contribution >= 4 is 34.9 Å². The third-order valence-corrected chi connectivity index (χ3v) is 4.36. The summed E-state index contributed by atoms with van der Waals surface area (Å²) in [7, 11) is 0. The molecule has 0 aliphatic rings. The van der Waals surface area contributed by atoms with Gasteiger partial charge in [0.25, 0.3) is 0 Å². The summed E-state index contributed by atoms with van der Waals surface area (Å²) in [5, 5.41) is 3.52. The number of benzene rings is 2. The molecule has 1 N–H and O–H groups in total. The van der Waals surface area contributed by atoms with Crippen molar-refractivity contribution in [2.45, 2.75) is 0 Å². The number of hydrogen-bond donors (Lipinski definition) is 1. The molecule has 0 atom stereocenters. The van der Waals surface area contributed by atoms with Crippen molar-refractivity contribution in [3.63, 3.8) is 0 Å². The van der Waals surface area contributed by atoms with E-state index >= 15 is 0 Å². The van der Waals surface area contributed by atoms with Crippen molar-refractivity contribution < 1.29 is 4.79 Å². The van der Waals surface area contributed by atoms with Crippen LogP contribution >= 0.6 is 11.6 Å². The first kappa shape index (κ1) is 17.1. The Labute approximate surface area is 161 Å². The minimum absolute atomic E-state index is 0.189. The topological polar surface area (TPSA) is 46.4 Å². The van der Waals surface area contributed by atoms with Crippen LogP contribution in [0.1, 0.15) is 5.56 Å². The molecule has 4 rings (SSSR count). The van der Waals surface area contributed by atoms with Gasteiger partial charge in [0.05, 0.1) is 5.69 Å². The van der Waals surface area contributed by atoms with E-state index in [9.17, 15) is 4.79 Å². The Hall–Kier alpha value is -3.37. The minimum atomic E-state index is -0.189. The molecule has 4 aromatic rings. The molecule has 2 heterocycles. The zero-order chi connectivity index (χ0) is 18.6. The SMILES string of the molecule is O=C(/C=C/c1ccc(Cl)cc1)Nc1ccc(-c2cn3ccccc3n2)cc1. The van der Waals surface area contributed by atoms with Gasteiger partial charge in [0, 0.05) is 34.7 Å². The van der Waals surface area contributed by atoms with E-state index in [-0.39, 0.29) is 5.91 Å². The summed E-state index contributed by atoms with van der Waals surface area (Å²) in [4.78, 5) is 16.7. The Morgan fingerprint density at radius 1 is 1.00 bits per heavy atom. The highest BCUT2D eigenvalue weighted by Gasteiger charge is 2.04. The van der Waals surface area contributed by atoms with E-state index in [2.05, 4.69) is 10.3 Å². The van der Waals surface area contributed by atoms with Gasteiger partial charge in [-0.1, -0.05) is 41.9 Å². The van der Waals surface area contributed by atoms with E-state index in [4.69, 9.17) is 11.6 Å². The summed E-state index contributed by atoms with van der Waals surface area (Å²) >= 11 is 5.85. The van der Waals surface area contributed by atoms with E-state index in [1.54, 1.807) is 18.2 Å². The van der Waals surface area contributed by atoms with Gasteiger partial charge in [0.2, 0.25) is 5.91 Å². The standard InChI is InChI=1S/C22H16ClN3O/c23-18-9-4-16(5-10-18)6-13-22(27)24-19-11-7-17(8-12-19)20-15-26-14-2-1-3-21(26)25-20/h1-15H,(H,24,27)/b13-6+. The van der Waals surface area contributed by atoms with Gasteiger partial charge in [-0.15, -0.1) is 0 Å². The lowest BCUT2D eigenvalue weighted by Gasteiger charge is -2.03. The Bertz CT molecular complexity index is 1080. The van der Waals surface area contributed by atoms with Crippen LogP contribution in [0.4, 0.5) is 5.69 Å². The van der Waals surface area contributed by atoms with Gasteiger partial charge in [-0.3, -0.25) is 4.79 Å². The third-order valence-electron chi connectivity index (χ3n) is 4.11. The fourth-order valence-corrected chi connectivity index (χ4v) is 2.85. The first-order chi connectivity index (χ1) is 13.2. The molecule has 0 radical (unpaired) electrons. The van der Waals surface area contributed by atoms with Crippen molar-refractivity contribution in [2.75, 3.05) is 5.32 Å². The second kappa shape index (κ2) is 7.48. The number of halogens is 1. The molecule has 1 amide bonds. The molecule has 27 heavy (non-hydrogen) atoms. The van der Waals surface area contributed by atoms with Crippen molar-refractivity contribution in [3.05, 3.63) is 95.8 Å². The second-order valence-electron chi connectivity index (χ2n) is 6.04. The van der Waals surface area contributed by atoms with Gasteiger partial charge in [0.15, 0.2) is 0 Å². The van der Waals surface area contributed by atoms with E-state index in [0.717, 1.165) is 28.2 Å². The van der Waals surface area contributed by atoms with E-state index < -0.39 is 0 Å². The van der Waals surface area contributed by atoms with Crippen molar-refractivity contribution in [1.82, 2.24) is 9.38 Å². The lowest BCUT2D eigenvalue weighted by atomic mass is 10.1. The highest BCUT2D eigenvalue weighted by atomic mass is 35.5. The van der Waals surface area contributed by atoms with Crippen LogP contribution in [0.15, 0.2) is 85.2 Å². The summed E-state index contributed by atoms with van der Waals surface area (Å²) in [6, 6.07) is 20.8. The number of aromatic nitrogens is 2. The summed E-state index contributed by atoms with van der Waals surface area (Å²) in [6.07, 6.45) is 7.20. The average Bonchev–Trinajstić information content (AvgIpc) is 3.12. The number of nitrogens with one attached hydrogen (secondary N) is 1. The fraction of sp³-hybridized carbons (Fsp3) is 0. The predicted octanol–water partition coefficient (Wildman–Crippen LogP) is 5.31. The molecule has 4 nitrogen and oxygen atoms in total. The molecule has 0 aliphatic carbocycles. The van der Waals surface area contributed by atoms with Crippen LogP contribution in [-0.2, 0) is 4.79 Å². The lowest BCUT2D eigenvalue weighted by Crippen LogP contribution is -2.07. The van der Waals surface area contributed by atoms with Gasteiger partial charge in [-0.2, -0.15) is 0 Å². The van der Waals surface area contributed by atoms with Crippen LogP contribution in [0, 0.1) is 0 Å². The molecular formula is C22H16ClN3O. The number of pyridine rings is 1. The number of carbonyl (C=O) groups is 1. The first-order valence-corrected chi connectivity index (χ1v) is 8.84. The number of anilines is 1. The molecule has 132 valence electrons. The Morgan fingerprint density at radius 3 is 2.52 bits per heavy atom. The van der Waals surface area contributed by atoms with Gasteiger partial charge in [0.1, 0.15) is 5.65 Å². The summed E-state index contributed by atoms with van der Waals surface area (Å²) < 4.78 is 1.98. The quantitative estimate of drug-likeness (QED) is 0.493. The smallest absolute Gasteiger partial charge is 0.248 e. The summed E-state index contributed by atoms with van der Waals surface area (Å²) in [5.74, 6) is -0.189. The molecule has 2 aromatic heterocycles. The van der Waals surface area contributed by atoms with Crippen molar-refractivity contribution in [3.8, 4) is 11.3 Å². The molecule has 0 spiro atoms.